The molecule has 3 aliphatic rings. The molecule has 94 valence electrons. The van der Waals surface area contributed by atoms with E-state index in [-0.39, 0.29) is 18.0 Å². The van der Waals surface area contributed by atoms with Crippen molar-refractivity contribution in [1.29, 1.82) is 5.53 Å². The Labute approximate surface area is 102 Å². The number of carbonyl (C=O) groups excluding carboxylic acids is 1. The van der Waals surface area contributed by atoms with Crippen LogP contribution in [0.2, 0.25) is 0 Å². The number of carbonyl (C=O) groups is 1. The van der Waals surface area contributed by atoms with Crippen molar-refractivity contribution in [2.75, 3.05) is 0 Å². The van der Waals surface area contributed by atoms with Crippen molar-refractivity contribution in [3.63, 3.8) is 0 Å². The summed E-state index contributed by atoms with van der Waals surface area (Å²) in [6, 6.07) is 0. The Kier molecular flexibility index (Phi) is 2.49. The molecule has 3 rings (SSSR count). The van der Waals surface area contributed by atoms with Gasteiger partial charge in [-0.3, -0.25) is 4.79 Å². The SMILES string of the molecule is C[C@H]1OC(=O)[C@@H]2C[C@@H]3CCCCC3C[C@]12N=N. The van der Waals surface area contributed by atoms with Gasteiger partial charge in [-0.1, -0.05) is 25.7 Å². The summed E-state index contributed by atoms with van der Waals surface area (Å²) in [5.74, 6) is 1.07. The Morgan fingerprint density at radius 2 is 2.06 bits per heavy atom. The number of hydrogen-bond donors (Lipinski definition) is 1. The summed E-state index contributed by atoms with van der Waals surface area (Å²) in [6.45, 7) is 1.90. The fraction of sp³-hybridized carbons (Fsp3) is 0.923. The number of hydrogen-bond acceptors (Lipinski definition) is 4. The first kappa shape index (κ1) is 11.2. The molecule has 2 saturated carbocycles. The molecule has 17 heavy (non-hydrogen) atoms. The molecule has 0 aromatic carbocycles. The van der Waals surface area contributed by atoms with E-state index in [1.165, 1.54) is 25.7 Å². The number of ether oxygens (including phenoxy) is 1. The molecule has 0 spiro atoms. The Morgan fingerprint density at radius 1 is 1.35 bits per heavy atom. The fourth-order valence-corrected chi connectivity index (χ4v) is 4.26. The van der Waals surface area contributed by atoms with Crippen LogP contribution in [0.1, 0.15) is 45.4 Å². The van der Waals surface area contributed by atoms with E-state index in [1.807, 2.05) is 6.92 Å². The van der Waals surface area contributed by atoms with E-state index in [0.717, 1.165) is 12.8 Å². The van der Waals surface area contributed by atoms with Crippen LogP contribution < -0.4 is 0 Å². The van der Waals surface area contributed by atoms with Crippen molar-refractivity contribution in [3.05, 3.63) is 0 Å². The van der Waals surface area contributed by atoms with Gasteiger partial charge in [0.15, 0.2) is 0 Å². The second-order valence-corrected chi connectivity index (χ2v) is 5.98. The third kappa shape index (κ3) is 1.45. The quantitative estimate of drug-likeness (QED) is 0.562. The number of rotatable bonds is 1. The molecule has 0 bridgehead atoms. The van der Waals surface area contributed by atoms with E-state index >= 15 is 0 Å². The van der Waals surface area contributed by atoms with Crippen molar-refractivity contribution >= 4 is 5.97 Å². The van der Waals surface area contributed by atoms with Crippen LogP contribution in [0.4, 0.5) is 0 Å². The lowest BCUT2D eigenvalue weighted by atomic mass is 9.60. The minimum Gasteiger partial charge on any atom is -0.460 e. The standard InChI is InChI=1S/C13H20N2O2/c1-8-13(15-14)7-10-5-3-2-4-9(10)6-11(13)12(16)17-8/h8-11,14H,2-7H2,1H3/t8-,9+,10?,11+,13+/m1/s1. The van der Waals surface area contributed by atoms with Gasteiger partial charge in [0.05, 0.1) is 5.92 Å². The van der Waals surface area contributed by atoms with Gasteiger partial charge in [-0.2, -0.15) is 5.11 Å². The van der Waals surface area contributed by atoms with Gasteiger partial charge >= 0.3 is 5.97 Å². The Hall–Kier alpha value is -0.930. The summed E-state index contributed by atoms with van der Waals surface area (Å²) < 4.78 is 5.36. The van der Waals surface area contributed by atoms with Gasteiger partial charge in [0.2, 0.25) is 0 Å². The predicted octanol–water partition coefficient (Wildman–Crippen LogP) is 2.92. The number of fused-ring (bicyclic) bond motifs is 2. The zero-order valence-corrected chi connectivity index (χ0v) is 10.3. The molecule has 5 atom stereocenters. The second-order valence-electron chi connectivity index (χ2n) is 5.98. The second kappa shape index (κ2) is 3.79. The van der Waals surface area contributed by atoms with Gasteiger partial charge in [-0.15, -0.1) is 0 Å². The average molecular weight is 236 g/mol. The molecule has 1 heterocycles. The van der Waals surface area contributed by atoms with E-state index in [4.69, 9.17) is 10.3 Å². The smallest absolute Gasteiger partial charge is 0.311 e. The van der Waals surface area contributed by atoms with Crippen LogP contribution in [0.15, 0.2) is 5.11 Å². The van der Waals surface area contributed by atoms with E-state index < -0.39 is 5.54 Å². The van der Waals surface area contributed by atoms with Crippen molar-refractivity contribution in [2.45, 2.75) is 57.1 Å². The lowest BCUT2D eigenvalue weighted by Crippen LogP contribution is -2.49. The van der Waals surface area contributed by atoms with Crippen LogP contribution in [0.25, 0.3) is 0 Å². The number of esters is 1. The van der Waals surface area contributed by atoms with Gasteiger partial charge in [-0.05, 0) is 31.6 Å². The molecule has 0 amide bonds. The summed E-state index contributed by atoms with van der Waals surface area (Å²) in [7, 11) is 0. The van der Waals surface area contributed by atoms with Crippen molar-refractivity contribution in [1.82, 2.24) is 0 Å². The van der Waals surface area contributed by atoms with Gasteiger partial charge in [-0.25, -0.2) is 5.53 Å². The minimum absolute atomic E-state index is 0.113. The zero-order valence-electron chi connectivity index (χ0n) is 10.3. The van der Waals surface area contributed by atoms with Gasteiger partial charge in [0, 0.05) is 0 Å². The monoisotopic (exact) mass is 236 g/mol. The maximum atomic E-state index is 11.9. The molecule has 1 unspecified atom stereocenters. The fourth-order valence-electron chi connectivity index (χ4n) is 4.26. The highest BCUT2D eigenvalue weighted by molar-refractivity contribution is 5.77. The Bertz CT molecular complexity index is 357. The molecule has 0 aromatic heterocycles. The van der Waals surface area contributed by atoms with Crippen LogP contribution in [0.3, 0.4) is 0 Å². The average Bonchev–Trinajstić information content (AvgIpc) is 2.59. The molecule has 4 nitrogen and oxygen atoms in total. The minimum atomic E-state index is -0.532. The largest absolute Gasteiger partial charge is 0.460 e. The maximum absolute atomic E-state index is 11.9. The summed E-state index contributed by atoms with van der Waals surface area (Å²) >= 11 is 0. The first-order chi connectivity index (χ1) is 8.17. The van der Waals surface area contributed by atoms with Crippen LogP contribution >= 0.6 is 0 Å². The van der Waals surface area contributed by atoms with Gasteiger partial charge < -0.3 is 4.74 Å². The highest BCUT2D eigenvalue weighted by atomic mass is 16.6. The molecule has 1 N–H and O–H groups in total. The number of nitrogens with zero attached hydrogens (tertiary/aromatic N) is 1. The van der Waals surface area contributed by atoms with Crippen molar-refractivity contribution in [3.8, 4) is 0 Å². The van der Waals surface area contributed by atoms with Gasteiger partial charge in [0.25, 0.3) is 0 Å². The topological polar surface area (TPSA) is 62.5 Å². The van der Waals surface area contributed by atoms with Crippen LogP contribution in [0.5, 0.6) is 0 Å². The van der Waals surface area contributed by atoms with Crippen LogP contribution in [0, 0.1) is 23.3 Å². The Morgan fingerprint density at radius 3 is 2.76 bits per heavy atom. The lowest BCUT2D eigenvalue weighted by Gasteiger charge is -2.44. The first-order valence-corrected chi connectivity index (χ1v) is 6.76. The van der Waals surface area contributed by atoms with Crippen LogP contribution in [-0.2, 0) is 9.53 Å². The van der Waals surface area contributed by atoms with Crippen molar-refractivity contribution in [2.24, 2.45) is 22.9 Å². The third-order valence-electron chi connectivity index (χ3n) is 5.29. The molecule has 0 aromatic rings. The molecule has 4 heteroatoms. The molecular formula is C13H20N2O2. The predicted molar refractivity (Wildman–Crippen MR) is 61.6 cm³/mol. The van der Waals surface area contributed by atoms with Crippen LogP contribution in [-0.4, -0.2) is 17.6 Å². The highest BCUT2D eigenvalue weighted by Crippen LogP contribution is 2.53. The van der Waals surface area contributed by atoms with E-state index in [0.29, 0.717) is 11.8 Å². The lowest BCUT2D eigenvalue weighted by molar-refractivity contribution is -0.144. The summed E-state index contributed by atoms with van der Waals surface area (Å²) in [5, 5.41) is 3.87. The normalized spacial score (nSPS) is 49.1. The summed E-state index contributed by atoms with van der Waals surface area (Å²) in [5.41, 5.74) is 7.00. The zero-order chi connectivity index (χ0) is 12.0. The van der Waals surface area contributed by atoms with E-state index in [9.17, 15) is 4.79 Å². The Balaban J connectivity index is 1.92. The van der Waals surface area contributed by atoms with Crippen molar-refractivity contribution < 1.29 is 9.53 Å². The molecule has 3 fully saturated rings. The number of cyclic esters (lactones) is 1. The van der Waals surface area contributed by atoms with E-state index in [2.05, 4.69) is 5.11 Å². The van der Waals surface area contributed by atoms with Gasteiger partial charge in [0.1, 0.15) is 11.6 Å². The molecular weight excluding hydrogens is 216 g/mol. The summed E-state index contributed by atoms with van der Waals surface area (Å²) in [4.78, 5) is 11.9. The summed E-state index contributed by atoms with van der Waals surface area (Å²) in [6.07, 6.45) is 6.66. The third-order valence-corrected chi connectivity index (χ3v) is 5.29. The molecule has 2 aliphatic carbocycles. The first-order valence-electron chi connectivity index (χ1n) is 6.76. The molecule has 1 aliphatic heterocycles. The molecule has 1 saturated heterocycles. The molecule has 0 radical (unpaired) electrons. The van der Waals surface area contributed by atoms with E-state index in [1.54, 1.807) is 0 Å². The number of nitrogens with one attached hydrogen (secondary N) is 1. The highest BCUT2D eigenvalue weighted by Gasteiger charge is 2.60. The maximum Gasteiger partial charge on any atom is 0.311 e.